The Morgan fingerprint density at radius 1 is 1.07 bits per heavy atom. The normalized spacial score (nSPS) is 12.1. The number of aromatic nitrogens is 3. The highest BCUT2D eigenvalue weighted by molar-refractivity contribution is 5.96. The van der Waals surface area contributed by atoms with Crippen molar-refractivity contribution in [2.24, 2.45) is 0 Å². The quantitative estimate of drug-likeness (QED) is 0.568. The van der Waals surface area contributed by atoms with E-state index in [9.17, 15) is 4.79 Å². The van der Waals surface area contributed by atoms with Crippen LogP contribution in [0.25, 0.3) is 22.3 Å². The maximum atomic E-state index is 12.8. The Bertz CT molecular complexity index is 1100. The molecule has 2 heterocycles. The van der Waals surface area contributed by atoms with Crippen LogP contribution in [0, 0.1) is 6.92 Å². The average molecular weight is 356 g/mol. The maximum Gasteiger partial charge on any atom is 0.252 e. The van der Waals surface area contributed by atoms with Gasteiger partial charge in [-0.15, -0.1) is 0 Å². The van der Waals surface area contributed by atoms with Gasteiger partial charge in [0.1, 0.15) is 0 Å². The van der Waals surface area contributed by atoms with Gasteiger partial charge in [0.2, 0.25) is 0 Å². The first kappa shape index (κ1) is 17.0. The lowest BCUT2D eigenvalue weighted by Crippen LogP contribution is -2.27. The second-order valence-electron chi connectivity index (χ2n) is 6.59. The standard InChI is InChI=1S/C22H20N4O/c1-14-7-3-4-8-16(14)22(27)24-15(2)18-13-21(20-11-12-23-26-20)25-19-10-6-5-9-17(18)19/h3-13,15H,1-2H3,(H,23,26)(H,24,27). The summed E-state index contributed by atoms with van der Waals surface area (Å²) in [4.78, 5) is 17.5. The second-order valence-corrected chi connectivity index (χ2v) is 6.59. The van der Waals surface area contributed by atoms with Gasteiger partial charge in [0.15, 0.2) is 0 Å². The number of hydrogen-bond donors (Lipinski definition) is 2. The van der Waals surface area contributed by atoms with Crippen molar-refractivity contribution >= 4 is 16.8 Å². The SMILES string of the molecule is Cc1ccccc1C(=O)NC(C)c1cc(-c2ccn[nH]2)nc2ccccc12. The lowest BCUT2D eigenvalue weighted by Gasteiger charge is -2.18. The van der Waals surface area contributed by atoms with Gasteiger partial charge in [0, 0.05) is 17.1 Å². The van der Waals surface area contributed by atoms with Gasteiger partial charge in [0.25, 0.3) is 5.91 Å². The van der Waals surface area contributed by atoms with Gasteiger partial charge in [-0.3, -0.25) is 9.89 Å². The van der Waals surface area contributed by atoms with E-state index in [2.05, 4.69) is 15.5 Å². The summed E-state index contributed by atoms with van der Waals surface area (Å²) < 4.78 is 0. The van der Waals surface area contributed by atoms with Crippen LogP contribution >= 0.6 is 0 Å². The number of para-hydroxylation sites is 1. The maximum absolute atomic E-state index is 12.8. The molecule has 0 radical (unpaired) electrons. The number of aryl methyl sites for hydroxylation is 1. The molecule has 1 unspecified atom stereocenters. The zero-order valence-electron chi connectivity index (χ0n) is 15.2. The highest BCUT2D eigenvalue weighted by atomic mass is 16.1. The Balaban J connectivity index is 1.73. The molecule has 5 nitrogen and oxygen atoms in total. The molecule has 1 amide bonds. The van der Waals surface area contributed by atoms with Gasteiger partial charge < -0.3 is 5.32 Å². The first-order valence-corrected chi connectivity index (χ1v) is 8.89. The van der Waals surface area contributed by atoms with Gasteiger partial charge >= 0.3 is 0 Å². The van der Waals surface area contributed by atoms with E-state index in [-0.39, 0.29) is 11.9 Å². The van der Waals surface area contributed by atoms with Crippen LogP contribution in [-0.2, 0) is 0 Å². The molecule has 2 aromatic carbocycles. The number of pyridine rings is 1. The summed E-state index contributed by atoms with van der Waals surface area (Å²) >= 11 is 0. The third-order valence-corrected chi connectivity index (χ3v) is 4.73. The minimum Gasteiger partial charge on any atom is -0.345 e. The zero-order valence-corrected chi connectivity index (χ0v) is 15.2. The van der Waals surface area contributed by atoms with E-state index in [1.54, 1.807) is 6.20 Å². The third kappa shape index (κ3) is 3.31. The number of aromatic amines is 1. The van der Waals surface area contributed by atoms with Gasteiger partial charge in [-0.2, -0.15) is 5.10 Å². The number of fused-ring (bicyclic) bond motifs is 1. The van der Waals surface area contributed by atoms with Gasteiger partial charge in [-0.1, -0.05) is 36.4 Å². The predicted molar refractivity (Wildman–Crippen MR) is 106 cm³/mol. The number of carbonyl (C=O) groups excluding carboxylic acids is 1. The molecule has 0 aliphatic rings. The van der Waals surface area contributed by atoms with Gasteiger partial charge in [-0.25, -0.2) is 4.98 Å². The Hall–Kier alpha value is -3.47. The van der Waals surface area contributed by atoms with Crippen molar-refractivity contribution in [1.82, 2.24) is 20.5 Å². The summed E-state index contributed by atoms with van der Waals surface area (Å²) in [6.07, 6.45) is 1.70. The van der Waals surface area contributed by atoms with Crippen LogP contribution in [0.15, 0.2) is 66.9 Å². The van der Waals surface area contributed by atoms with Crippen molar-refractivity contribution in [2.45, 2.75) is 19.9 Å². The molecular formula is C22H20N4O. The summed E-state index contributed by atoms with van der Waals surface area (Å²) in [6.45, 7) is 3.94. The highest BCUT2D eigenvalue weighted by Crippen LogP contribution is 2.28. The van der Waals surface area contributed by atoms with Crippen LogP contribution in [0.3, 0.4) is 0 Å². The minimum atomic E-state index is -0.174. The van der Waals surface area contributed by atoms with Gasteiger partial charge in [-0.05, 0) is 49.2 Å². The first-order chi connectivity index (χ1) is 13.1. The fourth-order valence-electron chi connectivity index (χ4n) is 3.28. The van der Waals surface area contributed by atoms with E-state index in [4.69, 9.17) is 4.98 Å². The fraction of sp³-hybridized carbons (Fsp3) is 0.136. The zero-order chi connectivity index (χ0) is 18.8. The molecule has 0 aliphatic heterocycles. The third-order valence-electron chi connectivity index (χ3n) is 4.73. The summed E-state index contributed by atoms with van der Waals surface area (Å²) in [6, 6.07) is 19.3. The van der Waals surface area contributed by atoms with Crippen molar-refractivity contribution in [2.75, 3.05) is 0 Å². The van der Waals surface area contributed by atoms with Crippen LogP contribution in [-0.4, -0.2) is 21.1 Å². The Morgan fingerprint density at radius 3 is 2.63 bits per heavy atom. The van der Waals surface area contributed by atoms with E-state index in [0.29, 0.717) is 5.56 Å². The average Bonchev–Trinajstić information content (AvgIpc) is 3.22. The van der Waals surface area contributed by atoms with Crippen molar-refractivity contribution in [3.05, 3.63) is 83.6 Å². The van der Waals surface area contributed by atoms with Crippen molar-refractivity contribution < 1.29 is 4.79 Å². The molecule has 0 aliphatic carbocycles. The number of nitrogens with one attached hydrogen (secondary N) is 2. The van der Waals surface area contributed by atoms with E-state index in [0.717, 1.165) is 33.4 Å². The molecule has 0 saturated heterocycles. The monoisotopic (exact) mass is 356 g/mol. The number of hydrogen-bond acceptors (Lipinski definition) is 3. The molecule has 0 bridgehead atoms. The molecule has 27 heavy (non-hydrogen) atoms. The lowest BCUT2D eigenvalue weighted by atomic mass is 10.00. The van der Waals surface area contributed by atoms with E-state index in [1.807, 2.05) is 74.5 Å². The molecular weight excluding hydrogens is 336 g/mol. The fourth-order valence-corrected chi connectivity index (χ4v) is 3.28. The number of carbonyl (C=O) groups is 1. The Labute approximate surface area is 157 Å². The van der Waals surface area contributed by atoms with Crippen LogP contribution in [0.2, 0.25) is 0 Å². The molecule has 1 atom stereocenters. The van der Waals surface area contributed by atoms with E-state index in [1.165, 1.54) is 0 Å². The summed E-state index contributed by atoms with van der Waals surface area (Å²) in [5.41, 5.74) is 5.21. The summed E-state index contributed by atoms with van der Waals surface area (Å²) in [7, 11) is 0. The molecule has 134 valence electrons. The summed E-state index contributed by atoms with van der Waals surface area (Å²) in [5.74, 6) is -0.0791. The van der Waals surface area contributed by atoms with Crippen LogP contribution < -0.4 is 5.32 Å². The highest BCUT2D eigenvalue weighted by Gasteiger charge is 2.17. The van der Waals surface area contributed by atoms with Crippen molar-refractivity contribution in [1.29, 1.82) is 0 Å². The second kappa shape index (κ2) is 7.03. The first-order valence-electron chi connectivity index (χ1n) is 8.89. The molecule has 2 aromatic heterocycles. The number of nitrogens with zero attached hydrogens (tertiary/aromatic N) is 2. The molecule has 4 aromatic rings. The number of benzene rings is 2. The van der Waals surface area contributed by atoms with Crippen molar-refractivity contribution in [3.63, 3.8) is 0 Å². The molecule has 0 spiro atoms. The van der Waals surface area contributed by atoms with E-state index < -0.39 is 0 Å². The molecule has 4 rings (SSSR count). The largest absolute Gasteiger partial charge is 0.345 e. The molecule has 0 fully saturated rings. The molecule has 5 heteroatoms. The van der Waals surface area contributed by atoms with Crippen LogP contribution in [0.5, 0.6) is 0 Å². The van der Waals surface area contributed by atoms with Crippen LogP contribution in [0.4, 0.5) is 0 Å². The Morgan fingerprint density at radius 2 is 1.85 bits per heavy atom. The lowest BCUT2D eigenvalue weighted by molar-refractivity contribution is 0.0939. The van der Waals surface area contributed by atoms with Gasteiger partial charge in [0.05, 0.1) is 22.9 Å². The predicted octanol–water partition coefficient (Wildman–Crippen LogP) is 4.42. The minimum absolute atomic E-state index is 0.0791. The Kier molecular flexibility index (Phi) is 4.42. The van der Waals surface area contributed by atoms with E-state index >= 15 is 0 Å². The smallest absolute Gasteiger partial charge is 0.252 e. The number of H-pyrrole nitrogens is 1. The van der Waals surface area contributed by atoms with Crippen molar-refractivity contribution in [3.8, 4) is 11.4 Å². The molecule has 2 N–H and O–H groups in total. The number of rotatable bonds is 4. The summed E-state index contributed by atoms with van der Waals surface area (Å²) in [5, 5.41) is 11.1. The molecule has 0 saturated carbocycles. The number of amides is 1. The van der Waals surface area contributed by atoms with Crippen LogP contribution in [0.1, 0.15) is 34.5 Å². The topological polar surface area (TPSA) is 70.7 Å².